The van der Waals surface area contributed by atoms with Crippen molar-refractivity contribution in [3.8, 4) is 0 Å². The number of amides is 1. The lowest BCUT2D eigenvalue weighted by molar-refractivity contribution is 0.0278. The second-order valence-corrected chi connectivity index (χ2v) is 8.98. The predicted octanol–water partition coefficient (Wildman–Crippen LogP) is 3.35. The molecule has 1 aliphatic heterocycles. The minimum atomic E-state index is -0.466. The smallest absolute Gasteiger partial charge is 0.410 e. The molecule has 2 unspecified atom stereocenters. The van der Waals surface area contributed by atoms with Gasteiger partial charge in [0.05, 0.1) is 0 Å². The SMILES string of the molecule is CCN(CC)CC1CCN(C(=NC)NCC(C)CN(C)C(=O)OC(C)(C)C)C1.I. The first-order valence-corrected chi connectivity index (χ1v) is 10.7. The fourth-order valence-corrected chi connectivity index (χ4v) is 3.57. The van der Waals surface area contributed by atoms with Gasteiger partial charge in [-0.05, 0) is 52.1 Å². The summed E-state index contributed by atoms with van der Waals surface area (Å²) < 4.78 is 5.42. The molecule has 29 heavy (non-hydrogen) atoms. The zero-order valence-corrected chi connectivity index (χ0v) is 22.2. The van der Waals surface area contributed by atoms with Gasteiger partial charge in [0.1, 0.15) is 5.60 Å². The van der Waals surface area contributed by atoms with Crippen molar-refractivity contribution < 1.29 is 9.53 Å². The van der Waals surface area contributed by atoms with Gasteiger partial charge in [-0.15, -0.1) is 24.0 Å². The third-order valence-corrected chi connectivity index (χ3v) is 5.11. The van der Waals surface area contributed by atoms with Crippen LogP contribution < -0.4 is 5.32 Å². The summed E-state index contributed by atoms with van der Waals surface area (Å²) in [7, 11) is 3.63. The fourth-order valence-electron chi connectivity index (χ4n) is 3.57. The van der Waals surface area contributed by atoms with E-state index < -0.39 is 5.60 Å². The average Bonchev–Trinajstić information content (AvgIpc) is 3.07. The van der Waals surface area contributed by atoms with E-state index in [1.807, 2.05) is 27.8 Å². The van der Waals surface area contributed by atoms with Gasteiger partial charge < -0.3 is 24.8 Å². The van der Waals surface area contributed by atoms with Crippen LogP contribution in [0.3, 0.4) is 0 Å². The Balaban J connectivity index is 0.00000784. The zero-order valence-electron chi connectivity index (χ0n) is 19.8. The lowest BCUT2D eigenvalue weighted by atomic mass is 10.1. The Morgan fingerprint density at radius 3 is 2.45 bits per heavy atom. The number of aliphatic imine (C=N–C) groups is 1. The van der Waals surface area contributed by atoms with Crippen LogP contribution in [0.5, 0.6) is 0 Å². The molecule has 0 saturated carbocycles. The number of carbonyl (C=O) groups is 1. The van der Waals surface area contributed by atoms with Crippen LogP contribution in [0.1, 0.15) is 48.0 Å². The molecule has 0 aliphatic carbocycles. The van der Waals surface area contributed by atoms with Gasteiger partial charge in [0.2, 0.25) is 0 Å². The molecule has 0 aromatic heterocycles. The average molecular weight is 526 g/mol. The summed E-state index contributed by atoms with van der Waals surface area (Å²) in [5.41, 5.74) is -0.466. The van der Waals surface area contributed by atoms with Crippen molar-refractivity contribution in [3.63, 3.8) is 0 Å². The first-order chi connectivity index (χ1) is 13.1. The Bertz CT molecular complexity index is 506. The van der Waals surface area contributed by atoms with E-state index in [1.165, 1.54) is 6.42 Å². The Morgan fingerprint density at radius 2 is 1.93 bits per heavy atom. The van der Waals surface area contributed by atoms with Gasteiger partial charge >= 0.3 is 6.09 Å². The molecule has 1 fully saturated rings. The van der Waals surface area contributed by atoms with Crippen molar-refractivity contribution >= 4 is 36.0 Å². The van der Waals surface area contributed by atoms with Gasteiger partial charge in [-0.25, -0.2) is 4.79 Å². The maximum Gasteiger partial charge on any atom is 0.410 e. The number of likely N-dealkylation sites (tertiary alicyclic amines) is 1. The van der Waals surface area contributed by atoms with E-state index in [1.54, 1.807) is 11.9 Å². The van der Waals surface area contributed by atoms with Gasteiger partial charge in [-0.2, -0.15) is 0 Å². The number of carbonyl (C=O) groups excluding carboxylic acids is 1. The van der Waals surface area contributed by atoms with Crippen molar-refractivity contribution in [3.05, 3.63) is 0 Å². The van der Waals surface area contributed by atoms with E-state index in [0.29, 0.717) is 18.4 Å². The van der Waals surface area contributed by atoms with Crippen LogP contribution in [-0.2, 0) is 4.74 Å². The molecule has 0 bridgehead atoms. The molecule has 1 N–H and O–H groups in total. The Morgan fingerprint density at radius 1 is 1.31 bits per heavy atom. The van der Waals surface area contributed by atoms with E-state index in [0.717, 1.165) is 45.2 Å². The third-order valence-electron chi connectivity index (χ3n) is 5.11. The zero-order chi connectivity index (χ0) is 21.3. The lowest BCUT2D eigenvalue weighted by Crippen LogP contribution is -2.44. The van der Waals surface area contributed by atoms with Crippen LogP contribution in [0.15, 0.2) is 4.99 Å². The van der Waals surface area contributed by atoms with Crippen molar-refractivity contribution in [2.45, 2.75) is 53.6 Å². The third kappa shape index (κ3) is 10.7. The van der Waals surface area contributed by atoms with Crippen LogP contribution in [-0.4, -0.2) is 92.3 Å². The van der Waals surface area contributed by atoms with Crippen LogP contribution in [0.25, 0.3) is 0 Å². The molecule has 0 radical (unpaired) electrons. The molecule has 1 saturated heterocycles. The van der Waals surface area contributed by atoms with Crippen LogP contribution in [0.2, 0.25) is 0 Å². The molecule has 1 aliphatic rings. The number of rotatable bonds is 8. The molecule has 0 aromatic rings. The van der Waals surface area contributed by atoms with Gasteiger partial charge in [-0.3, -0.25) is 4.99 Å². The van der Waals surface area contributed by atoms with Crippen LogP contribution >= 0.6 is 24.0 Å². The number of hydrogen-bond donors (Lipinski definition) is 1. The summed E-state index contributed by atoms with van der Waals surface area (Å²) in [6, 6.07) is 0. The summed E-state index contributed by atoms with van der Waals surface area (Å²) in [5, 5.41) is 3.49. The van der Waals surface area contributed by atoms with E-state index >= 15 is 0 Å². The van der Waals surface area contributed by atoms with Gasteiger partial charge in [0.25, 0.3) is 0 Å². The summed E-state index contributed by atoms with van der Waals surface area (Å²) >= 11 is 0. The minimum Gasteiger partial charge on any atom is -0.444 e. The van der Waals surface area contributed by atoms with Gasteiger partial charge in [0, 0.05) is 46.8 Å². The highest BCUT2D eigenvalue weighted by Gasteiger charge is 2.26. The molecule has 2 atom stereocenters. The van der Waals surface area contributed by atoms with E-state index in [4.69, 9.17) is 4.74 Å². The monoisotopic (exact) mass is 525 g/mol. The topological polar surface area (TPSA) is 60.4 Å². The molecule has 7 nitrogen and oxygen atoms in total. The highest BCUT2D eigenvalue weighted by Crippen LogP contribution is 2.17. The Labute approximate surface area is 195 Å². The van der Waals surface area contributed by atoms with Crippen LogP contribution in [0, 0.1) is 11.8 Å². The Kier molecular flexibility index (Phi) is 13.2. The summed E-state index contributed by atoms with van der Waals surface area (Å²) in [6.45, 7) is 19.2. The molecule has 0 spiro atoms. The lowest BCUT2D eigenvalue weighted by Gasteiger charge is -2.28. The van der Waals surface area contributed by atoms with E-state index in [9.17, 15) is 4.79 Å². The standard InChI is InChI=1S/C21H43N5O2.HI/c1-9-25(10-2)15-18-11-12-26(16-18)19(22-7)23-13-17(3)14-24(8)20(27)28-21(4,5)6;/h17-18H,9-16H2,1-8H3,(H,22,23);1H. The van der Waals surface area contributed by atoms with Crippen molar-refractivity contribution in [2.24, 2.45) is 16.8 Å². The largest absolute Gasteiger partial charge is 0.444 e. The predicted molar refractivity (Wildman–Crippen MR) is 132 cm³/mol. The molecule has 1 heterocycles. The summed E-state index contributed by atoms with van der Waals surface area (Å²) in [4.78, 5) is 23.1. The molecular weight excluding hydrogens is 481 g/mol. The maximum absolute atomic E-state index is 12.1. The van der Waals surface area contributed by atoms with Gasteiger partial charge in [-0.1, -0.05) is 20.8 Å². The van der Waals surface area contributed by atoms with Crippen molar-refractivity contribution in [1.29, 1.82) is 0 Å². The summed E-state index contributed by atoms with van der Waals surface area (Å²) in [5.74, 6) is 1.96. The minimum absolute atomic E-state index is 0. The van der Waals surface area contributed by atoms with Gasteiger partial charge in [0.15, 0.2) is 5.96 Å². The maximum atomic E-state index is 12.1. The second kappa shape index (κ2) is 13.5. The van der Waals surface area contributed by atoms with Crippen molar-refractivity contribution in [1.82, 2.24) is 20.0 Å². The number of nitrogens with zero attached hydrogens (tertiary/aromatic N) is 4. The highest BCUT2D eigenvalue weighted by molar-refractivity contribution is 14.0. The molecular formula is C21H44IN5O2. The number of hydrogen-bond acceptors (Lipinski definition) is 4. The highest BCUT2D eigenvalue weighted by atomic mass is 127. The second-order valence-electron chi connectivity index (χ2n) is 8.98. The first kappa shape index (κ1) is 28.2. The van der Waals surface area contributed by atoms with E-state index in [-0.39, 0.29) is 30.1 Å². The molecule has 1 rings (SSSR count). The number of halogens is 1. The number of ether oxygens (including phenoxy) is 1. The molecule has 0 aromatic carbocycles. The van der Waals surface area contributed by atoms with E-state index in [2.05, 4.69) is 40.9 Å². The van der Waals surface area contributed by atoms with Crippen LogP contribution in [0.4, 0.5) is 4.79 Å². The first-order valence-electron chi connectivity index (χ1n) is 10.7. The molecule has 8 heteroatoms. The number of guanidine groups is 1. The normalized spacial score (nSPS) is 18.4. The summed E-state index contributed by atoms with van der Waals surface area (Å²) in [6.07, 6.45) is 0.941. The fraction of sp³-hybridized carbons (Fsp3) is 0.905. The molecule has 1 amide bonds. The quantitative estimate of drug-likeness (QED) is 0.299. The molecule has 172 valence electrons. The Hall–Kier alpha value is -0.770. The number of nitrogens with one attached hydrogen (secondary N) is 1. The van der Waals surface area contributed by atoms with Crippen molar-refractivity contribution in [2.75, 3.05) is 59.9 Å².